The summed E-state index contributed by atoms with van der Waals surface area (Å²) in [6.45, 7) is 2.01. The number of carboxylic acids is 1. The number of carbonyl (C=O) groups excluding carboxylic acids is 1. The van der Waals surface area contributed by atoms with Crippen LogP contribution < -0.4 is 5.11 Å². The minimum Gasteiger partial charge on any atom is -0.545 e. The number of hydrogen-bond donors (Lipinski definition) is 0. The molecule has 0 saturated heterocycles. The molecule has 140 valence electrons. The molecule has 0 radical (unpaired) electrons. The fourth-order valence-electron chi connectivity index (χ4n) is 3.10. The second kappa shape index (κ2) is 7.30. The zero-order valence-corrected chi connectivity index (χ0v) is 16.3. The van der Waals surface area contributed by atoms with Crippen LogP contribution in [0.15, 0.2) is 59.0 Å². The van der Waals surface area contributed by atoms with Gasteiger partial charge >= 0.3 is 0 Å². The molecule has 4 aromatic rings. The standard InChI is InChI=1S/C22H15Cl2NO3/c1-2-12-3-6-18-15(9-12)16(22(26)27)11-19(25-18)21-8-7-20(28-21)14-5-4-13(23)10-17(14)24/h3-11H,2H2,1H3,(H,26,27)/p-1. The van der Waals surface area contributed by atoms with Crippen LogP contribution in [0.5, 0.6) is 0 Å². The van der Waals surface area contributed by atoms with Crippen LogP contribution in [0.2, 0.25) is 10.0 Å². The Balaban J connectivity index is 1.83. The van der Waals surface area contributed by atoms with E-state index in [1.807, 2.05) is 25.1 Å². The molecule has 0 amide bonds. The maximum absolute atomic E-state index is 11.7. The van der Waals surface area contributed by atoms with E-state index in [4.69, 9.17) is 27.6 Å². The largest absolute Gasteiger partial charge is 0.545 e. The molecule has 2 heterocycles. The van der Waals surface area contributed by atoms with Gasteiger partial charge in [-0.3, -0.25) is 0 Å². The number of rotatable bonds is 4. The first kappa shape index (κ1) is 18.5. The van der Waals surface area contributed by atoms with Crippen LogP contribution in [-0.4, -0.2) is 11.0 Å². The normalized spacial score (nSPS) is 11.1. The number of furan rings is 1. The van der Waals surface area contributed by atoms with Crippen molar-refractivity contribution >= 4 is 40.1 Å². The molecule has 28 heavy (non-hydrogen) atoms. The maximum atomic E-state index is 11.7. The highest BCUT2D eigenvalue weighted by molar-refractivity contribution is 6.36. The van der Waals surface area contributed by atoms with Crippen LogP contribution in [0.4, 0.5) is 0 Å². The van der Waals surface area contributed by atoms with Gasteiger partial charge in [0.25, 0.3) is 0 Å². The molecule has 0 saturated carbocycles. The SMILES string of the molecule is CCc1ccc2nc(-c3ccc(-c4ccc(Cl)cc4Cl)o3)cc(C(=O)[O-])c2c1. The van der Waals surface area contributed by atoms with Crippen molar-refractivity contribution in [3.63, 3.8) is 0 Å². The monoisotopic (exact) mass is 410 g/mol. The quantitative estimate of drug-likeness (QED) is 0.451. The summed E-state index contributed by atoms with van der Waals surface area (Å²) in [6.07, 6.45) is 0.799. The molecule has 2 aromatic carbocycles. The highest BCUT2D eigenvalue weighted by atomic mass is 35.5. The van der Waals surface area contributed by atoms with Gasteiger partial charge in [0.1, 0.15) is 11.5 Å². The van der Waals surface area contributed by atoms with Gasteiger partial charge in [0.05, 0.1) is 16.5 Å². The number of benzene rings is 2. The predicted octanol–water partition coefficient (Wildman–Crippen LogP) is 5.39. The fraction of sp³-hybridized carbons (Fsp3) is 0.0909. The second-order valence-corrected chi connectivity index (χ2v) is 7.18. The minimum atomic E-state index is -1.26. The molecule has 4 rings (SSSR count). The van der Waals surface area contributed by atoms with Gasteiger partial charge < -0.3 is 14.3 Å². The number of pyridine rings is 1. The number of carboxylic acid groups (broad SMARTS) is 1. The number of aromatic carboxylic acids is 1. The lowest BCUT2D eigenvalue weighted by Crippen LogP contribution is -2.22. The Labute approximate surface area is 171 Å². The lowest BCUT2D eigenvalue weighted by Gasteiger charge is -2.10. The summed E-state index contributed by atoms with van der Waals surface area (Å²) in [4.78, 5) is 16.3. The van der Waals surface area contributed by atoms with E-state index in [-0.39, 0.29) is 5.56 Å². The summed E-state index contributed by atoms with van der Waals surface area (Å²) >= 11 is 12.2. The number of aromatic nitrogens is 1. The van der Waals surface area contributed by atoms with Crippen molar-refractivity contribution < 1.29 is 14.3 Å². The van der Waals surface area contributed by atoms with Crippen molar-refractivity contribution in [1.29, 1.82) is 0 Å². The summed E-state index contributed by atoms with van der Waals surface area (Å²) in [5.41, 5.74) is 2.77. The zero-order chi connectivity index (χ0) is 19.8. The molecule has 2 aromatic heterocycles. The van der Waals surface area contributed by atoms with E-state index in [0.717, 1.165) is 12.0 Å². The molecule has 0 bridgehead atoms. The van der Waals surface area contributed by atoms with Gasteiger partial charge in [-0.05, 0) is 60.5 Å². The van der Waals surface area contributed by atoms with E-state index in [1.165, 1.54) is 6.07 Å². The van der Waals surface area contributed by atoms with Crippen LogP contribution in [-0.2, 0) is 6.42 Å². The van der Waals surface area contributed by atoms with Crippen LogP contribution in [0.25, 0.3) is 33.7 Å². The van der Waals surface area contributed by atoms with Gasteiger partial charge in [0, 0.05) is 21.5 Å². The molecule has 0 aliphatic carbocycles. The van der Waals surface area contributed by atoms with E-state index in [0.29, 0.717) is 43.7 Å². The topological polar surface area (TPSA) is 66.2 Å². The Kier molecular flexibility index (Phi) is 4.84. The van der Waals surface area contributed by atoms with E-state index in [9.17, 15) is 9.90 Å². The molecule has 0 N–H and O–H groups in total. The van der Waals surface area contributed by atoms with E-state index < -0.39 is 5.97 Å². The first-order valence-corrected chi connectivity index (χ1v) is 9.42. The molecule has 6 heteroatoms. The third-order valence-corrected chi connectivity index (χ3v) is 5.10. The fourth-order valence-corrected chi connectivity index (χ4v) is 3.60. The van der Waals surface area contributed by atoms with Crippen LogP contribution in [0.1, 0.15) is 22.8 Å². The lowest BCUT2D eigenvalue weighted by molar-refractivity contribution is -0.254. The van der Waals surface area contributed by atoms with Crippen molar-refractivity contribution in [2.24, 2.45) is 0 Å². The van der Waals surface area contributed by atoms with Gasteiger partial charge in [-0.2, -0.15) is 0 Å². The Bertz CT molecular complexity index is 1210. The third kappa shape index (κ3) is 3.37. The molecular weight excluding hydrogens is 397 g/mol. The maximum Gasteiger partial charge on any atom is 0.153 e. The molecule has 0 unspecified atom stereocenters. The van der Waals surface area contributed by atoms with Gasteiger partial charge in [-0.15, -0.1) is 0 Å². The molecule has 0 aliphatic heterocycles. The Morgan fingerprint density at radius 1 is 1.04 bits per heavy atom. The van der Waals surface area contributed by atoms with Gasteiger partial charge in [0.2, 0.25) is 0 Å². The molecule has 0 atom stereocenters. The second-order valence-electron chi connectivity index (χ2n) is 6.34. The average Bonchev–Trinajstić information content (AvgIpc) is 3.16. The number of halogens is 2. The van der Waals surface area contributed by atoms with Crippen molar-refractivity contribution in [3.8, 4) is 22.8 Å². The number of fused-ring (bicyclic) bond motifs is 1. The summed E-state index contributed by atoms with van der Waals surface area (Å²) in [7, 11) is 0. The summed E-state index contributed by atoms with van der Waals surface area (Å²) < 4.78 is 5.90. The first-order chi connectivity index (χ1) is 13.5. The number of aryl methyl sites for hydroxylation is 1. The molecule has 0 spiro atoms. The first-order valence-electron chi connectivity index (χ1n) is 8.67. The average molecular weight is 411 g/mol. The van der Waals surface area contributed by atoms with E-state index >= 15 is 0 Å². The van der Waals surface area contributed by atoms with Gasteiger partial charge in [0.15, 0.2) is 5.76 Å². The highest BCUT2D eigenvalue weighted by Crippen LogP contribution is 2.34. The van der Waals surface area contributed by atoms with E-state index in [2.05, 4.69) is 4.98 Å². The Morgan fingerprint density at radius 3 is 2.54 bits per heavy atom. The van der Waals surface area contributed by atoms with Crippen molar-refractivity contribution in [2.75, 3.05) is 0 Å². The van der Waals surface area contributed by atoms with Gasteiger partial charge in [-0.25, -0.2) is 4.98 Å². The highest BCUT2D eigenvalue weighted by Gasteiger charge is 2.14. The zero-order valence-electron chi connectivity index (χ0n) is 14.8. The smallest absolute Gasteiger partial charge is 0.153 e. The molecule has 0 aliphatic rings. The number of carbonyl (C=O) groups is 1. The van der Waals surface area contributed by atoms with Crippen LogP contribution in [0, 0.1) is 0 Å². The van der Waals surface area contributed by atoms with E-state index in [1.54, 1.807) is 30.3 Å². The summed E-state index contributed by atoms with van der Waals surface area (Å²) in [5, 5.41) is 13.2. The van der Waals surface area contributed by atoms with Crippen molar-refractivity contribution in [1.82, 2.24) is 4.98 Å². The van der Waals surface area contributed by atoms with Gasteiger partial charge in [-0.1, -0.05) is 36.2 Å². The third-order valence-electron chi connectivity index (χ3n) is 4.56. The van der Waals surface area contributed by atoms with Crippen molar-refractivity contribution in [3.05, 3.63) is 75.8 Å². The number of nitrogens with zero attached hydrogens (tertiary/aromatic N) is 1. The van der Waals surface area contributed by atoms with Crippen molar-refractivity contribution in [2.45, 2.75) is 13.3 Å². The van der Waals surface area contributed by atoms with Crippen LogP contribution in [0.3, 0.4) is 0 Å². The molecule has 4 nitrogen and oxygen atoms in total. The Morgan fingerprint density at radius 2 is 1.82 bits per heavy atom. The predicted molar refractivity (Wildman–Crippen MR) is 109 cm³/mol. The molecular formula is C22H14Cl2NO3-. The number of hydrogen-bond acceptors (Lipinski definition) is 4. The summed E-state index contributed by atoms with van der Waals surface area (Å²) in [6, 6.07) is 15.7. The Hall–Kier alpha value is -2.82. The van der Waals surface area contributed by atoms with Crippen LogP contribution >= 0.6 is 23.2 Å². The lowest BCUT2D eigenvalue weighted by atomic mass is 10.0. The molecule has 0 fully saturated rings. The minimum absolute atomic E-state index is 0.0813. The summed E-state index contributed by atoms with van der Waals surface area (Å²) in [5.74, 6) is -0.283.